The molecule has 1 rings (SSSR count). The smallest absolute Gasteiger partial charge is 0.345 e. The molecule has 0 aliphatic rings. The van der Waals surface area contributed by atoms with E-state index in [1.807, 2.05) is 0 Å². The fraction of sp³-hybridized carbons (Fsp3) is 0.364. The van der Waals surface area contributed by atoms with Gasteiger partial charge in [-0.05, 0) is 0 Å². The van der Waals surface area contributed by atoms with E-state index in [0.717, 1.165) is 13.2 Å². The minimum absolute atomic E-state index is 0.185. The van der Waals surface area contributed by atoms with Crippen LogP contribution in [0.25, 0.3) is 0 Å². The first-order chi connectivity index (χ1) is 9.04. The molecule has 0 radical (unpaired) electrons. The van der Waals surface area contributed by atoms with Gasteiger partial charge < -0.3 is 14.2 Å². The summed E-state index contributed by atoms with van der Waals surface area (Å²) in [6.45, 7) is 0.311. The molecule has 0 aliphatic carbocycles. The summed E-state index contributed by atoms with van der Waals surface area (Å²) in [5.41, 5.74) is -0.576. The van der Waals surface area contributed by atoms with Gasteiger partial charge in [0.15, 0.2) is 11.5 Å². The summed E-state index contributed by atoms with van der Waals surface area (Å²) in [5, 5.41) is 11.5. The predicted octanol–water partition coefficient (Wildman–Crippen LogP) is 2.16. The Morgan fingerprint density at radius 2 is 2.05 bits per heavy atom. The predicted molar refractivity (Wildman–Crippen MR) is 70.3 cm³/mol. The van der Waals surface area contributed by atoms with Crippen LogP contribution in [0.4, 0.5) is 5.69 Å². The molecule has 0 bridgehead atoms. The molecule has 0 N–H and O–H groups in total. The number of halogens is 1. The van der Waals surface area contributed by atoms with Gasteiger partial charge in [-0.15, -0.1) is 0 Å². The number of nitrogens with zero attached hydrogens (tertiary/aromatic N) is 1. The van der Waals surface area contributed by atoms with Crippen LogP contribution in [-0.2, 0) is 4.74 Å². The molecule has 1 aromatic rings. The Kier molecular flexibility index (Phi) is 5.56. The molecule has 0 heterocycles. The van der Waals surface area contributed by atoms with Crippen molar-refractivity contribution < 1.29 is 23.9 Å². The molecule has 0 aliphatic heterocycles. The van der Waals surface area contributed by atoms with E-state index in [9.17, 15) is 14.9 Å². The van der Waals surface area contributed by atoms with Crippen LogP contribution >= 0.6 is 15.9 Å². The van der Waals surface area contributed by atoms with Gasteiger partial charge >= 0.3 is 5.97 Å². The third-order valence-corrected chi connectivity index (χ3v) is 2.54. The zero-order valence-electron chi connectivity index (χ0n) is 10.3. The maximum atomic E-state index is 11.5. The zero-order valence-corrected chi connectivity index (χ0v) is 11.9. The molecule has 1 aromatic carbocycles. The Balaban J connectivity index is 3.33. The maximum absolute atomic E-state index is 11.5. The van der Waals surface area contributed by atoms with E-state index < -0.39 is 16.6 Å². The van der Waals surface area contributed by atoms with E-state index in [0.29, 0.717) is 11.9 Å². The Morgan fingerprint density at radius 3 is 2.53 bits per heavy atom. The number of ether oxygens (including phenoxy) is 3. The number of hydrogen-bond donors (Lipinski definition) is 0. The molecule has 8 heteroatoms. The van der Waals surface area contributed by atoms with Crippen LogP contribution in [0.3, 0.4) is 0 Å². The van der Waals surface area contributed by atoms with Gasteiger partial charge in [-0.25, -0.2) is 4.79 Å². The van der Waals surface area contributed by atoms with Crippen LogP contribution in [0.5, 0.6) is 11.5 Å². The van der Waals surface area contributed by atoms with Gasteiger partial charge in [-0.3, -0.25) is 10.1 Å². The third-order valence-electron chi connectivity index (χ3n) is 2.22. The molecule has 0 spiro atoms. The van der Waals surface area contributed by atoms with Crippen molar-refractivity contribution in [2.24, 2.45) is 0 Å². The van der Waals surface area contributed by atoms with Crippen LogP contribution in [0.1, 0.15) is 10.4 Å². The molecule has 0 fully saturated rings. The van der Waals surface area contributed by atoms with Crippen LogP contribution < -0.4 is 9.47 Å². The van der Waals surface area contributed by atoms with Crippen LogP contribution in [-0.4, -0.2) is 37.0 Å². The Morgan fingerprint density at radius 1 is 1.37 bits per heavy atom. The first-order valence-electron chi connectivity index (χ1n) is 5.18. The van der Waals surface area contributed by atoms with Gasteiger partial charge in [0.1, 0.15) is 5.56 Å². The number of methoxy groups -OCH3 is 2. The van der Waals surface area contributed by atoms with Crippen LogP contribution in [0.2, 0.25) is 0 Å². The van der Waals surface area contributed by atoms with Crippen molar-refractivity contribution in [3.8, 4) is 11.5 Å². The molecular formula is C11H12BrNO6. The van der Waals surface area contributed by atoms with Gasteiger partial charge in [-0.2, -0.15) is 0 Å². The highest BCUT2D eigenvalue weighted by molar-refractivity contribution is 9.09. The number of benzene rings is 1. The molecule has 0 saturated heterocycles. The van der Waals surface area contributed by atoms with Crippen molar-refractivity contribution in [3.63, 3.8) is 0 Å². The Hall–Kier alpha value is -1.83. The lowest BCUT2D eigenvalue weighted by molar-refractivity contribution is -0.385. The summed E-state index contributed by atoms with van der Waals surface area (Å²) in [4.78, 5) is 21.8. The van der Waals surface area contributed by atoms with Crippen molar-refractivity contribution in [2.75, 3.05) is 26.2 Å². The standard InChI is InChI=1S/C11H12BrNO6/c1-17-9-5-7(11(14)18-2)8(13(15)16)6-10(9)19-4-3-12/h5-6H,3-4H2,1-2H3. The van der Waals surface area contributed by atoms with Crippen molar-refractivity contribution in [2.45, 2.75) is 0 Å². The fourth-order valence-corrected chi connectivity index (χ4v) is 1.56. The van der Waals surface area contributed by atoms with E-state index >= 15 is 0 Å². The summed E-state index contributed by atoms with van der Waals surface area (Å²) in [6.07, 6.45) is 0. The number of nitro benzene ring substituents is 1. The second-order valence-electron chi connectivity index (χ2n) is 3.31. The first kappa shape index (κ1) is 15.2. The normalized spacial score (nSPS) is 9.84. The topological polar surface area (TPSA) is 87.9 Å². The van der Waals surface area contributed by atoms with Gasteiger partial charge in [0.2, 0.25) is 0 Å². The van der Waals surface area contributed by atoms with Gasteiger partial charge in [0.05, 0.1) is 31.8 Å². The molecule has 0 unspecified atom stereocenters. The number of hydrogen-bond acceptors (Lipinski definition) is 6. The summed E-state index contributed by atoms with van der Waals surface area (Å²) < 4.78 is 14.9. The first-order valence-corrected chi connectivity index (χ1v) is 6.30. The molecule has 0 saturated carbocycles. The second-order valence-corrected chi connectivity index (χ2v) is 4.10. The lowest BCUT2D eigenvalue weighted by Crippen LogP contribution is -2.08. The molecular weight excluding hydrogens is 322 g/mol. The lowest BCUT2D eigenvalue weighted by atomic mass is 10.1. The number of nitro groups is 1. The zero-order chi connectivity index (χ0) is 14.4. The molecule has 7 nitrogen and oxygen atoms in total. The summed E-state index contributed by atoms with van der Waals surface area (Å²) >= 11 is 3.18. The van der Waals surface area contributed by atoms with Gasteiger partial charge in [0, 0.05) is 11.4 Å². The lowest BCUT2D eigenvalue weighted by Gasteiger charge is -2.11. The van der Waals surface area contributed by atoms with Crippen LogP contribution in [0, 0.1) is 10.1 Å². The number of rotatable bonds is 6. The summed E-state index contributed by atoms with van der Waals surface area (Å²) in [6, 6.07) is 2.38. The number of carbonyl (C=O) groups is 1. The highest BCUT2D eigenvalue weighted by Crippen LogP contribution is 2.35. The van der Waals surface area contributed by atoms with E-state index in [1.165, 1.54) is 13.2 Å². The molecule has 0 amide bonds. The molecule has 0 atom stereocenters. The van der Waals surface area contributed by atoms with Crippen molar-refractivity contribution >= 4 is 27.6 Å². The number of alkyl halides is 1. The van der Waals surface area contributed by atoms with E-state index in [2.05, 4.69) is 20.7 Å². The van der Waals surface area contributed by atoms with Crippen LogP contribution in [0.15, 0.2) is 12.1 Å². The highest BCUT2D eigenvalue weighted by atomic mass is 79.9. The van der Waals surface area contributed by atoms with E-state index in [-0.39, 0.29) is 17.1 Å². The third kappa shape index (κ3) is 3.57. The fourth-order valence-electron chi connectivity index (χ4n) is 1.39. The van der Waals surface area contributed by atoms with Crippen molar-refractivity contribution in [1.29, 1.82) is 0 Å². The highest BCUT2D eigenvalue weighted by Gasteiger charge is 2.25. The minimum atomic E-state index is -0.808. The Bertz CT molecular complexity index is 490. The average Bonchev–Trinajstić information content (AvgIpc) is 2.42. The minimum Gasteiger partial charge on any atom is -0.493 e. The van der Waals surface area contributed by atoms with E-state index in [1.54, 1.807) is 0 Å². The number of esters is 1. The Labute approximate surface area is 117 Å². The monoisotopic (exact) mass is 333 g/mol. The summed E-state index contributed by atoms with van der Waals surface area (Å²) in [7, 11) is 2.52. The SMILES string of the molecule is COC(=O)c1cc(OC)c(OCCBr)cc1[N+](=O)[O-]. The average molecular weight is 334 g/mol. The van der Waals surface area contributed by atoms with Crippen molar-refractivity contribution in [3.05, 3.63) is 27.8 Å². The quantitative estimate of drug-likeness (QED) is 0.343. The molecule has 104 valence electrons. The van der Waals surface area contributed by atoms with Gasteiger partial charge in [-0.1, -0.05) is 15.9 Å². The van der Waals surface area contributed by atoms with Gasteiger partial charge in [0.25, 0.3) is 5.69 Å². The molecule has 0 aromatic heterocycles. The van der Waals surface area contributed by atoms with Crippen molar-refractivity contribution in [1.82, 2.24) is 0 Å². The van der Waals surface area contributed by atoms with E-state index in [4.69, 9.17) is 9.47 Å². The number of carbonyl (C=O) groups excluding carboxylic acids is 1. The maximum Gasteiger partial charge on any atom is 0.345 e. The largest absolute Gasteiger partial charge is 0.493 e. The summed E-state index contributed by atoms with van der Waals surface area (Å²) in [5.74, 6) is -0.384. The second kappa shape index (κ2) is 6.93. The molecule has 19 heavy (non-hydrogen) atoms.